The van der Waals surface area contributed by atoms with Gasteiger partial charge in [0.2, 0.25) is 5.95 Å². The van der Waals surface area contributed by atoms with Crippen LogP contribution in [0.2, 0.25) is 0 Å². The molecule has 0 radical (unpaired) electrons. The number of aromatic nitrogens is 5. The summed E-state index contributed by atoms with van der Waals surface area (Å²) >= 11 is 0.845. The predicted molar refractivity (Wildman–Crippen MR) is 58.2 cm³/mol. The maximum absolute atomic E-state index is 11.1. The van der Waals surface area contributed by atoms with E-state index in [4.69, 9.17) is 5.11 Å². The summed E-state index contributed by atoms with van der Waals surface area (Å²) in [6.45, 7) is 0. The molecule has 9 heteroatoms. The Bertz CT molecular complexity index is 496. The molecule has 0 bridgehead atoms. The van der Waals surface area contributed by atoms with Crippen LogP contribution in [-0.4, -0.2) is 36.6 Å². The fraction of sp³-hybridized carbons (Fsp3) is 0. The molecule has 2 heterocycles. The number of carbonyl (C=O) groups is 1. The van der Waals surface area contributed by atoms with Crippen LogP contribution >= 0.6 is 11.9 Å². The number of carboxylic acid groups (broad SMARTS) is 1. The van der Waals surface area contributed by atoms with Gasteiger partial charge in [0.05, 0.1) is 6.20 Å². The van der Waals surface area contributed by atoms with Crippen LogP contribution in [0, 0.1) is 0 Å². The lowest BCUT2D eigenvalue weighted by atomic mass is 10.7. The van der Waals surface area contributed by atoms with Gasteiger partial charge >= 0.3 is 6.09 Å². The summed E-state index contributed by atoms with van der Waals surface area (Å²) in [5, 5.41) is 20.0. The predicted octanol–water partition coefficient (Wildman–Crippen LogP) is 0.853. The van der Waals surface area contributed by atoms with Crippen LogP contribution in [0.1, 0.15) is 0 Å². The van der Waals surface area contributed by atoms with Crippen molar-refractivity contribution in [3.63, 3.8) is 0 Å². The number of anilines is 1. The van der Waals surface area contributed by atoms with Gasteiger partial charge in [-0.2, -0.15) is 4.31 Å². The molecule has 0 aliphatic rings. The second kappa shape index (κ2) is 5.16. The number of hydrogen-bond acceptors (Lipinski definition) is 7. The van der Waals surface area contributed by atoms with Gasteiger partial charge in [-0.05, 0) is 17.3 Å². The topological polar surface area (TPSA) is 105 Å². The van der Waals surface area contributed by atoms with E-state index in [1.807, 2.05) is 0 Å². The third kappa shape index (κ3) is 2.84. The molecule has 0 aliphatic carbocycles. The monoisotopic (exact) mass is 250 g/mol. The minimum atomic E-state index is -1.19. The summed E-state index contributed by atoms with van der Waals surface area (Å²) in [5.41, 5.74) is 0. The quantitative estimate of drug-likeness (QED) is 0.799. The molecule has 0 saturated carbocycles. The summed E-state index contributed by atoms with van der Waals surface area (Å²) in [5.74, 6) is 0.0589. The zero-order valence-corrected chi connectivity index (χ0v) is 9.15. The average molecular weight is 250 g/mol. The first-order chi connectivity index (χ1) is 8.27. The third-order valence-electron chi connectivity index (χ3n) is 1.57. The van der Waals surface area contributed by atoms with Crippen LogP contribution in [0.25, 0.3) is 0 Å². The van der Waals surface area contributed by atoms with Crippen LogP contribution < -0.4 is 4.31 Å². The van der Waals surface area contributed by atoms with Crippen molar-refractivity contribution >= 4 is 24.0 Å². The van der Waals surface area contributed by atoms with Crippen LogP contribution in [0.15, 0.2) is 35.7 Å². The van der Waals surface area contributed by atoms with Crippen molar-refractivity contribution in [2.45, 2.75) is 5.03 Å². The van der Waals surface area contributed by atoms with E-state index >= 15 is 0 Å². The molecule has 0 atom stereocenters. The molecule has 2 aromatic rings. The van der Waals surface area contributed by atoms with Gasteiger partial charge in [0, 0.05) is 24.3 Å². The molecule has 17 heavy (non-hydrogen) atoms. The van der Waals surface area contributed by atoms with E-state index in [1.54, 1.807) is 6.07 Å². The van der Waals surface area contributed by atoms with Gasteiger partial charge in [-0.3, -0.25) is 0 Å². The Labute approximate surface area is 99.9 Å². The van der Waals surface area contributed by atoms with Crippen molar-refractivity contribution in [2.24, 2.45) is 0 Å². The maximum Gasteiger partial charge on any atom is 0.425 e. The Balaban J connectivity index is 2.23. The van der Waals surface area contributed by atoms with Gasteiger partial charge < -0.3 is 5.11 Å². The standard InChI is InChI=1S/C8H6N6O2S/c15-8(16)14(7-9-3-1-4-10-7)17-6-2-5-11-13-12-6/h1-5H,(H,15,16). The Morgan fingerprint density at radius 3 is 2.65 bits per heavy atom. The Morgan fingerprint density at radius 1 is 1.29 bits per heavy atom. The van der Waals surface area contributed by atoms with Crippen LogP contribution in [0.5, 0.6) is 0 Å². The molecule has 2 aromatic heterocycles. The van der Waals surface area contributed by atoms with Crippen molar-refractivity contribution < 1.29 is 9.90 Å². The number of rotatable bonds is 3. The van der Waals surface area contributed by atoms with Crippen molar-refractivity contribution in [3.8, 4) is 0 Å². The zero-order chi connectivity index (χ0) is 12.1. The SMILES string of the molecule is O=C(O)N(Sc1ccnnn1)c1ncccn1. The van der Waals surface area contributed by atoms with E-state index in [0.29, 0.717) is 5.03 Å². The highest BCUT2D eigenvalue weighted by molar-refractivity contribution is 8.01. The molecule has 0 spiro atoms. The van der Waals surface area contributed by atoms with E-state index < -0.39 is 6.09 Å². The number of amides is 1. The zero-order valence-electron chi connectivity index (χ0n) is 8.33. The van der Waals surface area contributed by atoms with E-state index in [0.717, 1.165) is 16.3 Å². The smallest absolute Gasteiger partial charge is 0.425 e. The van der Waals surface area contributed by atoms with Gasteiger partial charge in [-0.25, -0.2) is 14.8 Å². The number of hydrogen-bond donors (Lipinski definition) is 1. The van der Waals surface area contributed by atoms with E-state index in [9.17, 15) is 4.79 Å². The van der Waals surface area contributed by atoms with E-state index in [2.05, 4.69) is 25.4 Å². The van der Waals surface area contributed by atoms with Gasteiger partial charge in [0.25, 0.3) is 0 Å². The first kappa shape index (κ1) is 11.2. The summed E-state index contributed by atoms with van der Waals surface area (Å²) in [6.07, 6.45) is 3.13. The molecule has 0 fully saturated rings. The summed E-state index contributed by atoms with van der Waals surface area (Å²) in [4.78, 5) is 18.8. The van der Waals surface area contributed by atoms with Crippen molar-refractivity contribution in [1.29, 1.82) is 0 Å². The Kier molecular flexibility index (Phi) is 3.40. The molecule has 0 aromatic carbocycles. The molecule has 0 unspecified atom stereocenters. The number of nitrogens with zero attached hydrogens (tertiary/aromatic N) is 6. The molecular formula is C8H6N6O2S. The molecule has 0 saturated heterocycles. The fourth-order valence-corrected chi connectivity index (χ4v) is 1.57. The van der Waals surface area contributed by atoms with Gasteiger partial charge in [0.15, 0.2) is 0 Å². The minimum Gasteiger partial charge on any atom is -0.464 e. The largest absolute Gasteiger partial charge is 0.464 e. The molecule has 1 amide bonds. The fourth-order valence-electron chi connectivity index (χ4n) is 0.934. The lowest BCUT2D eigenvalue weighted by Crippen LogP contribution is -2.23. The van der Waals surface area contributed by atoms with Gasteiger partial charge in [-0.1, -0.05) is 0 Å². The summed E-state index contributed by atoms with van der Waals surface area (Å²) < 4.78 is 0.893. The van der Waals surface area contributed by atoms with Crippen LogP contribution in [-0.2, 0) is 0 Å². The first-order valence-electron chi connectivity index (χ1n) is 4.40. The minimum absolute atomic E-state index is 0.0589. The second-order valence-electron chi connectivity index (χ2n) is 2.68. The molecular weight excluding hydrogens is 244 g/mol. The molecule has 2 rings (SSSR count). The normalized spacial score (nSPS) is 9.88. The molecule has 1 N–H and O–H groups in total. The van der Waals surface area contributed by atoms with E-state index in [-0.39, 0.29) is 5.95 Å². The van der Waals surface area contributed by atoms with Crippen LogP contribution in [0.4, 0.5) is 10.7 Å². The highest BCUT2D eigenvalue weighted by Gasteiger charge is 2.19. The molecule has 0 aliphatic heterocycles. The van der Waals surface area contributed by atoms with E-state index in [1.165, 1.54) is 24.7 Å². The average Bonchev–Trinajstić information content (AvgIpc) is 2.38. The lowest BCUT2D eigenvalue weighted by molar-refractivity contribution is 0.206. The van der Waals surface area contributed by atoms with Crippen molar-refractivity contribution in [2.75, 3.05) is 4.31 Å². The second-order valence-corrected chi connectivity index (χ2v) is 3.64. The highest BCUT2D eigenvalue weighted by Crippen LogP contribution is 2.23. The third-order valence-corrected chi connectivity index (χ3v) is 2.48. The first-order valence-corrected chi connectivity index (χ1v) is 5.17. The van der Waals surface area contributed by atoms with Crippen LogP contribution in [0.3, 0.4) is 0 Å². The molecule has 86 valence electrons. The Hall–Kier alpha value is -2.29. The Morgan fingerprint density at radius 2 is 2.06 bits per heavy atom. The lowest BCUT2D eigenvalue weighted by Gasteiger charge is -2.13. The highest BCUT2D eigenvalue weighted by atomic mass is 32.2. The maximum atomic E-state index is 11.1. The summed E-state index contributed by atoms with van der Waals surface area (Å²) in [7, 11) is 0. The van der Waals surface area contributed by atoms with Crippen molar-refractivity contribution in [3.05, 3.63) is 30.7 Å². The van der Waals surface area contributed by atoms with Gasteiger partial charge in [0.1, 0.15) is 5.03 Å². The van der Waals surface area contributed by atoms with Crippen molar-refractivity contribution in [1.82, 2.24) is 25.4 Å². The molecule has 8 nitrogen and oxygen atoms in total. The van der Waals surface area contributed by atoms with Gasteiger partial charge in [-0.15, -0.1) is 10.2 Å². The summed E-state index contributed by atoms with van der Waals surface area (Å²) in [6, 6.07) is 3.14.